The Hall–Kier alpha value is -4.89. The van der Waals surface area contributed by atoms with E-state index in [2.05, 4.69) is 46.2 Å². The number of anilines is 4. The van der Waals surface area contributed by atoms with Gasteiger partial charge in [-0.25, -0.2) is 0 Å². The Bertz CT molecular complexity index is 1330. The van der Waals surface area contributed by atoms with E-state index in [9.17, 15) is 9.59 Å². The molecule has 204 valence electrons. The normalized spacial score (nSPS) is 10.2. The van der Waals surface area contributed by atoms with Gasteiger partial charge in [-0.15, -0.1) is 0 Å². The lowest BCUT2D eigenvalue weighted by molar-refractivity contribution is 0.0954. The molecule has 2 amide bonds. The van der Waals surface area contributed by atoms with Crippen LogP contribution in [0.1, 0.15) is 45.7 Å². The minimum atomic E-state index is -0.208. The molecule has 0 unspecified atom stereocenters. The zero-order chi connectivity index (χ0) is 28.3. The van der Waals surface area contributed by atoms with Crippen LogP contribution < -0.4 is 32.3 Å². The van der Waals surface area contributed by atoms with Crippen molar-refractivity contribution in [3.05, 3.63) is 119 Å². The number of nitrogens with one attached hydrogen (secondary N) is 6. The van der Waals surface area contributed by atoms with Crippen molar-refractivity contribution in [3.63, 3.8) is 0 Å². The molecule has 0 aliphatic rings. The molecule has 8 nitrogen and oxygen atoms in total. The van der Waals surface area contributed by atoms with E-state index in [1.54, 1.807) is 0 Å². The Labute approximate surface area is 239 Å². The maximum Gasteiger partial charge on any atom is 0.269 e. The van der Waals surface area contributed by atoms with Crippen molar-refractivity contribution in [1.29, 1.82) is 0 Å². The fourth-order valence-electron chi connectivity index (χ4n) is 3.75. The molecule has 0 radical (unpaired) electrons. The number of hydrogen-bond donors (Lipinski definition) is 6. The second-order valence-electron chi connectivity index (χ2n) is 8.99. The van der Waals surface area contributed by atoms with Crippen LogP contribution in [0.5, 0.6) is 0 Å². The van der Waals surface area contributed by atoms with Gasteiger partial charge in [0.2, 0.25) is 0 Å². The highest BCUT2D eigenvalue weighted by molar-refractivity contribution is 7.80. The van der Waals surface area contributed by atoms with Gasteiger partial charge in [-0.3, -0.25) is 31.3 Å². The van der Waals surface area contributed by atoms with Crippen LogP contribution in [0.3, 0.4) is 0 Å². The Kier molecular flexibility index (Phi) is 9.68. The molecule has 9 heteroatoms. The van der Waals surface area contributed by atoms with Gasteiger partial charge in [0, 0.05) is 22.5 Å². The van der Waals surface area contributed by atoms with E-state index in [1.807, 2.05) is 97.1 Å². The quantitative estimate of drug-likeness (QED) is 0.104. The summed E-state index contributed by atoms with van der Waals surface area (Å²) in [6, 6.07) is 29.8. The smallest absolute Gasteiger partial charge is 0.269 e. The topological polar surface area (TPSA) is 106 Å². The standard InChI is InChI=1S/C31H32N6O2S/c1-3-21-5-9-23(10-6-21)29(38)36-34-27-17-13-25(14-18-27)32-31(40)33-26-15-19-28(20-16-26)35-37-30(39)24-11-7-22(4-2)8-12-24/h5-20,34-35H,3-4H2,1-2H3,(H,36,38)(H,37,39)(H2,32,33,40). The third-order valence-electron chi connectivity index (χ3n) is 6.18. The molecule has 0 spiro atoms. The van der Waals surface area contributed by atoms with E-state index >= 15 is 0 Å². The van der Waals surface area contributed by atoms with Crippen molar-refractivity contribution in [3.8, 4) is 0 Å². The molecular weight excluding hydrogens is 520 g/mol. The lowest BCUT2D eigenvalue weighted by atomic mass is 10.1. The van der Waals surface area contributed by atoms with Gasteiger partial charge in [0.1, 0.15) is 0 Å². The van der Waals surface area contributed by atoms with Gasteiger partial charge >= 0.3 is 0 Å². The molecule has 0 bridgehead atoms. The highest BCUT2D eigenvalue weighted by Crippen LogP contribution is 2.16. The monoisotopic (exact) mass is 552 g/mol. The van der Waals surface area contributed by atoms with Crippen molar-refractivity contribution in [1.82, 2.24) is 10.9 Å². The van der Waals surface area contributed by atoms with Crippen LogP contribution in [0.4, 0.5) is 22.7 Å². The van der Waals surface area contributed by atoms with Crippen LogP contribution in [0.2, 0.25) is 0 Å². The Balaban J connectivity index is 1.20. The first-order valence-corrected chi connectivity index (χ1v) is 13.4. The molecular formula is C31H32N6O2S. The minimum absolute atomic E-state index is 0.208. The fraction of sp³-hybridized carbons (Fsp3) is 0.129. The summed E-state index contributed by atoms with van der Waals surface area (Å²) in [6.07, 6.45) is 1.86. The van der Waals surface area contributed by atoms with Crippen LogP contribution in [0.25, 0.3) is 0 Å². The molecule has 0 atom stereocenters. The molecule has 4 aromatic carbocycles. The zero-order valence-corrected chi connectivity index (χ0v) is 23.2. The van der Waals surface area contributed by atoms with Gasteiger partial charge in [-0.1, -0.05) is 38.1 Å². The summed E-state index contributed by atoms with van der Waals surface area (Å²) in [4.78, 5) is 24.7. The Morgan fingerprint density at radius 3 is 1.18 bits per heavy atom. The van der Waals surface area contributed by atoms with E-state index in [-0.39, 0.29) is 11.8 Å². The van der Waals surface area contributed by atoms with Crippen molar-refractivity contribution < 1.29 is 9.59 Å². The number of thiocarbonyl (C=S) groups is 1. The van der Waals surface area contributed by atoms with Crippen molar-refractivity contribution in [2.45, 2.75) is 26.7 Å². The van der Waals surface area contributed by atoms with Gasteiger partial charge in [0.25, 0.3) is 11.8 Å². The molecule has 0 heterocycles. The number of amides is 2. The summed E-state index contributed by atoms with van der Waals surface area (Å²) in [6.45, 7) is 4.15. The molecule has 6 N–H and O–H groups in total. The van der Waals surface area contributed by atoms with E-state index in [0.717, 1.165) is 35.6 Å². The van der Waals surface area contributed by atoms with E-state index in [0.29, 0.717) is 16.2 Å². The predicted octanol–water partition coefficient (Wildman–Crippen LogP) is 6.13. The lowest BCUT2D eigenvalue weighted by Gasteiger charge is -2.13. The SMILES string of the molecule is CCc1ccc(C(=O)NNc2ccc(NC(=S)Nc3ccc(NNC(=O)c4ccc(CC)cc4)cc3)cc2)cc1. The van der Waals surface area contributed by atoms with Crippen molar-refractivity contribution in [2.75, 3.05) is 21.5 Å². The van der Waals surface area contributed by atoms with Crippen LogP contribution in [0.15, 0.2) is 97.1 Å². The summed E-state index contributed by atoms with van der Waals surface area (Å²) in [5, 5.41) is 6.69. The summed E-state index contributed by atoms with van der Waals surface area (Å²) < 4.78 is 0. The maximum absolute atomic E-state index is 12.3. The number of rotatable bonds is 10. The molecule has 40 heavy (non-hydrogen) atoms. The molecule has 4 rings (SSSR count). The van der Waals surface area contributed by atoms with Crippen LogP contribution >= 0.6 is 12.2 Å². The Morgan fingerprint density at radius 2 is 0.850 bits per heavy atom. The average molecular weight is 553 g/mol. The first-order valence-electron chi connectivity index (χ1n) is 13.0. The number of hydrogen-bond acceptors (Lipinski definition) is 5. The minimum Gasteiger partial charge on any atom is -0.332 e. The lowest BCUT2D eigenvalue weighted by Crippen LogP contribution is -2.29. The predicted molar refractivity (Wildman–Crippen MR) is 167 cm³/mol. The number of aryl methyl sites for hydroxylation is 2. The molecule has 4 aromatic rings. The van der Waals surface area contributed by atoms with Gasteiger partial charge < -0.3 is 10.6 Å². The summed E-state index contributed by atoms with van der Waals surface area (Å²) in [5.74, 6) is -0.416. The number of benzene rings is 4. The molecule has 0 aliphatic carbocycles. The maximum atomic E-state index is 12.3. The third kappa shape index (κ3) is 8.05. The summed E-state index contributed by atoms with van der Waals surface area (Å²) in [5.41, 5.74) is 17.8. The largest absolute Gasteiger partial charge is 0.332 e. The van der Waals surface area contributed by atoms with Gasteiger partial charge in [0.05, 0.1) is 11.4 Å². The number of hydrazine groups is 2. The number of carbonyl (C=O) groups is 2. The van der Waals surface area contributed by atoms with Gasteiger partial charge in [-0.05, 0) is 109 Å². The fourth-order valence-corrected chi connectivity index (χ4v) is 3.99. The zero-order valence-electron chi connectivity index (χ0n) is 22.4. The second-order valence-corrected chi connectivity index (χ2v) is 9.40. The highest BCUT2D eigenvalue weighted by Gasteiger charge is 2.07. The summed E-state index contributed by atoms with van der Waals surface area (Å²) >= 11 is 5.43. The van der Waals surface area contributed by atoms with Gasteiger partial charge in [-0.2, -0.15) is 0 Å². The third-order valence-corrected chi connectivity index (χ3v) is 6.38. The van der Waals surface area contributed by atoms with Crippen LogP contribution in [-0.4, -0.2) is 16.9 Å². The summed E-state index contributed by atoms with van der Waals surface area (Å²) in [7, 11) is 0. The van der Waals surface area contributed by atoms with Gasteiger partial charge in [0.15, 0.2) is 5.11 Å². The molecule has 0 fully saturated rings. The Morgan fingerprint density at radius 1 is 0.525 bits per heavy atom. The van der Waals surface area contributed by atoms with Crippen LogP contribution in [0, 0.1) is 0 Å². The average Bonchev–Trinajstić information content (AvgIpc) is 3.00. The van der Waals surface area contributed by atoms with Crippen molar-refractivity contribution >= 4 is 51.9 Å². The molecule has 0 aromatic heterocycles. The van der Waals surface area contributed by atoms with Crippen LogP contribution in [-0.2, 0) is 12.8 Å². The number of carbonyl (C=O) groups excluding carboxylic acids is 2. The first-order chi connectivity index (χ1) is 19.4. The molecule has 0 saturated carbocycles. The van der Waals surface area contributed by atoms with Crippen molar-refractivity contribution in [2.24, 2.45) is 0 Å². The molecule has 0 aliphatic heterocycles. The molecule has 0 saturated heterocycles. The van der Waals surface area contributed by atoms with E-state index in [1.165, 1.54) is 11.1 Å². The first kappa shape index (κ1) is 28.1. The van der Waals surface area contributed by atoms with E-state index in [4.69, 9.17) is 12.2 Å². The second kappa shape index (κ2) is 13.8. The highest BCUT2D eigenvalue weighted by atomic mass is 32.1. The van der Waals surface area contributed by atoms with E-state index < -0.39 is 0 Å².